The van der Waals surface area contributed by atoms with Crippen LogP contribution in [0.4, 0.5) is 10.5 Å². The molecule has 23 heavy (non-hydrogen) atoms. The summed E-state index contributed by atoms with van der Waals surface area (Å²) < 4.78 is 5.34. The first kappa shape index (κ1) is 16.8. The van der Waals surface area contributed by atoms with E-state index in [1.165, 1.54) is 0 Å². The Morgan fingerprint density at radius 1 is 1.04 bits per heavy atom. The molecule has 2 amide bonds. The third kappa shape index (κ3) is 4.46. The molecule has 0 aromatic heterocycles. The van der Waals surface area contributed by atoms with Gasteiger partial charge in [-0.1, -0.05) is 24.3 Å². The van der Waals surface area contributed by atoms with Gasteiger partial charge in [-0.3, -0.25) is 4.79 Å². The highest BCUT2D eigenvalue weighted by atomic mass is 16.6. The van der Waals surface area contributed by atoms with E-state index in [9.17, 15) is 9.59 Å². The van der Waals surface area contributed by atoms with E-state index in [1.54, 1.807) is 34.1 Å². The lowest BCUT2D eigenvalue weighted by atomic mass is 10.1. The monoisotopic (exact) mass is 315 g/mol. The molecule has 0 bridgehead atoms. The van der Waals surface area contributed by atoms with Crippen LogP contribution in [0.1, 0.15) is 31.1 Å². The Balaban J connectivity index is 1.92. The number of hydrogen-bond donors (Lipinski definition) is 0. The van der Waals surface area contributed by atoms with Gasteiger partial charge in [0.25, 0.3) is 5.91 Å². The van der Waals surface area contributed by atoms with Crippen LogP contribution in [-0.4, -0.2) is 53.6 Å². The zero-order chi connectivity index (χ0) is 17.0. The fourth-order valence-electron chi connectivity index (χ4n) is 2.28. The summed E-state index contributed by atoms with van der Waals surface area (Å²) in [5.74, 6) is -0.0784. The molecule has 6 nitrogen and oxygen atoms in total. The van der Waals surface area contributed by atoms with Crippen LogP contribution in [0.2, 0.25) is 0 Å². The zero-order valence-electron chi connectivity index (χ0n) is 13.7. The van der Waals surface area contributed by atoms with Crippen molar-refractivity contribution in [3.63, 3.8) is 0 Å². The van der Waals surface area contributed by atoms with Gasteiger partial charge in [0, 0.05) is 31.7 Å². The van der Waals surface area contributed by atoms with Crippen molar-refractivity contribution in [1.82, 2.24) is 9.80 Å². The minimum Gasteiger partial charge on any atom is -0.444 e. The molecule has 6 heteroatoms. The minimum atomic E-state index is -0.519. The van der Waals surface area contributed by atoms with Crippen molar-refractivity contribution in [1.29, 1.82) is 0 Å². The first-order valence-corrected chi connectivity index (χ1v) is 7.55. The fraction of sp³-hybridized carbons (Fsp3) is 0.471. The molecule has 0 aliphatic carbocycles. The van der Waals surface area contributed by atoms with E-state index >= 15 is 0 Å². The first-order valence-electron chi connectivity index (χ1n) is 7.55. The lowest BCUT2D eigenvalue weighted by Crippen LogP contribution is -2.51. The van der Waals surface area contributed by atoms with E-state index < -0.39 is 5.60 Å². The van der Waals surface area contributed by atoms with Gasteiger partial charge in [-0.2, -0.15) is 0 Å². The Bertz CT molecular complexity index is 618. The summed E-state index contributed by atoms with van der Waals surface area (Å²) in [6.07, 6.45) is -0.342. The molecule has 1 aliphatic rings. The molecule has 0 saturated carbocycles. The van der Waals surface area contributed by atoms with Gasteiger partial charge in [0.1, 0.15) is 5.60 Å². The van der Waals surface area contributed by atoms with Crippen molar-refractivity contribution in [2.75, 3.05) is 26.2 Å². The standard InChI is InChI=1S/C17H21N3O3/c1-17(2,3)23-16(22)20-11-9-19(10-12-20)15(21)13-5-7-14(18-4)8-6-13/h5-8H,9-12H2,1-3H3. The van der Waals surface area contributed by atoms with Crippen LogP contribution < -0.4 is 0 Å². The van der Waals surface area contributed by atoms with Crippen LogP contribution in [0, 0.1) is 6.57 Å². The number of ether oxygens (including phenoxy) is 1. The molecule has 0 unspecified atom stereocenters. The zero-order valence-corrected chi connectivity index (χ0v) is 13.7. The summed E-state index contributed by atoms with van der Waals surface area (Å²) in [4.78, 5) is 31.1. The molecule has 0 N–H and O–H groups in total. The molecule has 1 aromatic carbocycles. The second-order valence-corrected chi connectivity index (χ2v) is 6.42. The number of hydrogen-bond acceptors (Lipinski definition) is 3. The van der Waals surface area contributed by atoms with Crippen LogP contribution >= 0.6 is 0 Å². The first-order chi connectivity index (χ1) is 10.8. The molecule has 1 saturated heterocycles. The number of benzene rings is 1. The van der Waals surface area contributed by atoms with E-state index in [0.29, 0.717) is 37.4 Å². The van der Waals surface area contributed by atoms with Gasteiger partial charge >= 0.3 is 6.09 Å². The number of nitrogens with zero attached hydrogens (tertiary/aromatic N) is 3. The molecule has 0 spiro atoms. The molecule has 2 rings (SSSR count). The number of piperazine rings is 1. The highest BCUT2D eigenvalue weighted by Gasteiger charge is 2.27. The van der Waals surface area contributed by atoms with Gasteiger partial charge in [0.05, 0.1) is 6.57 Å². The summed E-state index contributed by atoms with van der Waals surface area (Å²) in [5, 5.41) is 0. The fourth-order valence-corrected chi connectivity index (χ4v) is 2.28. The topological polar surface area (TPSA) is 54.2 Å². The van der Waals surface area contributed by atoms with Crippen molar-refractivity contribution < 1.29 is 14.3 Å². The summed E-state index contributed by atoms with van der Waals surface area (Å²) in [7, 11) is 0. The van der Waals surface area contributed by atoms with Gasteiger partial charge in [0.2, 0.25) is 0 Å². The number of rotatable bonds is 1. The summed E-state index contributed by atoms with van der Waals surface area (Å²) >= 11 is 0. The van der Waals surface area contributed by atoms with Crippen LogP contribution in [0.5, 0.6) is 0 Å². The molecule has 1 aromatic rings. The highest BCUT2D eigenvalue weighted by Crippen LogP contribution is 2.16. The quantitative estimate of drug-likeness (QED) is 0.749. The lowest BCUT2D eigenvalue weighted by Gasteiger charge is -2.35. The smallest absolute Gasteiger partial charge is 0.410 e. The van der Waals surface area contributed by atoms with E-state index in [0.717, 1.165) is 0 Å². The van der Waals surface area contributed by atoms with Crippen molar-refractivity contribution in [3.8, 4) is 0 Å². The van der Waals surface area contributed by atoms with Gasteiger partial charge in [-0.25, -0.2) is 9.64 Å². The molecule has 1 fully saturated rings. The molecule has 0 atom stereocenters. The lowest BCUT2D eigenvalue weighted by molar-refractivity contribution is 0.0141. The van der Waals surface area contributed by atoms with Crippen LogP contribution in [0.25, 0.3) is 4.85 Å². The molecule has 1 heterocycles. The van der Waals surface area contributed by atoms with Crippen molar-refractivity contribution in [3.05, 3.63) is 41.2 Å². The van der Waals surface area contributed by atoms with Crippen molar-refractivity contribution >= 4 is 17.7 Å². The average Bonchev–Trinajstić information content (AvgIpc) is 2.53. The molecule has 1 aliphatic heterocycles. The summed E-state index contributed by atoms with van der Waals surface area (Å²) in [5.41, 5.74) is 0.550. The normalized spacial score (nSPS) is 15.0. The predicted octanol–water partition coefficient (Wildman–Crippen LogP) is 2.93. The third-order valence-electron chi connectivity index (χ3n) is 3.46. The maximum Gasteiger partial charge on any atom is 0.410 e. The Morgan fingerprint density at radius 3 is 2.04 bits per heavy atom. The third-order valence-corrected chi connectivity index (χ3v) is 3.46. The van der Waals surface area contributed by atoms with Gasteiger partial charge in [-0.05, 0) is 20.8 Å². The van der Waals surface area contributed by atoms with Gasteiger partial charge in [0.15, 0.2) is 5.69 Å². The second-order valence-electron chi connectivity index (χ2n) is 6.42. The molecular weight excluding hydrogens is 294 g/mol. The Morgan fingerprint density at radius 2 is 1.57 bits per heavy atom. The Kier molecular flexibility index (Phi) is 4.89. The minimum absolute atomic E-state index is 0.0784. The van der Waals surface area contributed by atoms with Crippen LogP contribution in [-0.2, 0) is 4.74 Å². The van der Waals surface area contributed by atoms with Crippen LogP contribution in [0.3, 0.4) is 0 Å². The van der Waals surface area contributed by atoms with Crippen LogP contribution in [0.15, 0.2) is 24.3 Å². The number of amides is 2. The predicted molar refractivity (Wildman–Crippen MR) is 86.4 cm³/mol. The van der Waals surface area contributed by atoms with E-state index in [2.05, 4.69) is 4.85 Å². The van der Waals surface area contributed by atoms with Gasteiger partial charge in [-0.15, -0.1) is 0 Å². The van der Waals surface area contributed by atoms with Crippen molar-refractivity contribution in [2.45, 2.75) is 26.4 Å². The van der Waals surface area contributed by atoms with Gasteiger partial charge < -0.3 is 14.5 Å². The highest BCUT2D eigenvalue weighted by molar-refractivity contribution is 5.94. The second kappa shape index (κ2) is 6.69. The summed E-state index contributed by atoms with van der Waals surface area (Å²) in [6.45, 7) is 14.3. The number of carbonyl (C=O) groups is 2. The van der Waals surface area contributed by atoms with Crippen molar-refractivity contribution in [2.24, 2.45) is 0 Å². The Hall–Kier alpha value is -2.55. The molecule has 0 radical (unpaired) electrons. The van der Waals surface area contributed by atoms with E-state index in [4.69, 9.17) is 11.3 Å². The SMILES string of the molecule is [C-]#[N+]c1ccc(C(=O)N2CCN(C(=O)OC(C)(C)C)CC2)cc1. The van der Waals surface area contributed by atoms with E-state index in [-0.39, 0.29) is 12.0 Å². The maximum atomic E-state index is 12.4. The largest absolute Gasteiger partial charge is 0.444 e. The summed E-state index contributed by atoms with van der Waals surface area (Å²) in [6, 6.07) is 6.60. The Labute approximate surface area is 136 Å². The number of carbonyl (C=O) groups excluding carboxylic acids is 2. The maximum absolute atomic E-state index is 12.4. The van der Waals surface area contributed by atoms with E-state index in [1.807, 2.05) is 20.8 Å². The molecular formula is C17H21N3O3. The molecule has 122 valence electrons. The average molecular weight is 315 g/mol.